The van der Waals surface area contributed by atoms with E-state index in [2.05, 4.69) is 0 Å². The van der Waals surface area contributed by atoms with Crippen molar-refractivity contribution >= 4 is 17.4 Å². The predicted octanol–water partition coefficient (Wildman–Crippen LogP) is 2.85. The quantitative estimate of drug-likeness (QED) is 0.535. The number of hydrogen-bond acceptors (Lipinski definition) is 1. The maximum Gasteiger partial charge on any atom is 0.235 e. The van der Waals surface area contributed by atoms with Crippen LogP contribution in [0.15, 0.2) is 18.2 Å². The highest BCUT2D eigenvalue weighted by molar-refractivity contribution is 6.32. The Morgan fingerprint density at radius 2 is 2.15 bits per heavy atom. The van der Waals surface area contributed by atoms with E-state index in [4.69, 9.17) is 11.6 Å². The van der Waals surface area contributed by atoms with Gasteiger partial charge in [-0.15, -0.1) is 0 Å². The number of carbonyl (C=O) groups is 1. The van der Waals surface area contributed by atoms with Crippen LogP contribution >= 0.6 is 11.6 Å². The van der Waals surface area contributed by atoms with Crippen LogP contribution < -0.4 is 0 Å². The Morgan fingerprint density at radius 3 is 2.69 bits per heavy atom. The third kappa shape index (κ3) is 2.25. The van der Waals surface area contributed by atoms with E-state index in [-0.39, 0.29) is 5.56 Å². The monoisotopic (exact) mass is 204 g/mol. The standard InChI is InChI=1S/C9H7ClF2O/c1-5-2-3-7(11)6(4-5)8(13)9(10)12/h2-4,9H,1H3. The first-order valence-electron chi connectivity index (χ1n) is 3.61. The molecule has 0 amide bonds. The van der Waals surface area contributed by atoms with Gasteiger partial charge >= 0.3 is 0 Å². The molecule has 0 N–H and O–H groups in total. The highest BCUT2D eigenvalue weighted by Gasteiger charge is 2.19. The molecule has 0 aliphatic rings. The van der Waals surface area contributed by atoms with Crippen molar-refractivity contribution in [2.24, 2.45) is 0 Å². The van der Waals surface area contributed by atoms with E-state index >= 15 is 0 Å². The molecule has 1 unspecified atom stereocenters. The van der Waals surface area contributed by atoms with Crippen LogP contribution in [0, 0.1) is 12.7 Å². The SMILES string of the molecule is Cc1ccc(F)c(C(=O)C(F)Cl)c1. The number of Topliss-reactive ketones (excluding diaryl/α,β-unsaturated/α-hetero) is 1. The van der Waals surface area contributed by atoms with E-state index in [0.29, 0.717) is 5.56 Å². The summed E-state index contributed by atoms with van der Waals surface area (Å²) in [5, 5.41) is 0. The van der Waals surface area contributed by atoms with E-state index in [9.17, 15) is 13.6 Å². The van der Waals surface area contributed by atoms with Gasteiger partial charge in [0.2, 0.25) is 11.4 Å². The molecule has 0 bridgehead atoms. The normalized spacial score (nSPS) is 12.6. The Labute approximate surface area is 79.3 Å². The second kappa shape index (κ2) is 3.83. The topological polar surface area (TPSA) is 17.1 Å². The van der Waals surface area contributed by atoms with Crippen molar-refractivity contribution in [2.45, 2.75) is 12.6 Å². The highest BCUT2D eigenvalue weighted by Crippen LogP contribution is 2.15. The lowest BCUT2D eigenvalue weighted by atomic mass is 10.1. The second-order valence-electron chi connectivity index (χ2n) is 2.65. The van der Waals surface area contributed by atoms with Crippen molar-refractivity contribution in [1.82, 2.24) is 0 Å². The Kier molecular flexibility index (Phi) is 2.98. The van der Waals surface area contributed by atoms with Gasteiger partial charge in [-0.3, -0.25) is 4.79 Å². The summed E-state index contributed by atoms with van der Waals surface area (Å²) in [5.41, 5.74) is -1.80. The van der Waals surface area contributed by atoms with Crippen LogP contribution in [-0.4, -0.2) is 11.4 Å². The van der Waals surface area contributed by atoms with Crippen molar-refractivity contribution in [3.05, 3.63) is 35.1 Å². The van der Waals surface area contributed by atoms with Gasteiger partial charge in [-0.25, -0.2) is 8.78 Å². The molecular weight excluding hydrogens is 198 g/mol. The molecule has 1 aromatic carbocycles. The minimum atomic E-state index is -2.18. The van der Waals surface area contributed by atoms with Crippen LogP contribution in [0.25, 0.3) is 0 Å². The average Bonchev–Trinajstić information content (AvgIpc) is 2.08. The van der Waals surface area contributed by atoms with Crippen molar-refractivity contribution < 1.29 is 13.6 Å². The van der Waals surface area contributed by atoms with Gasteiger partial charge in [-0.1, -0.05) is 23.2 Å². The molecule has 1 rings (SSSR count). The largest absolute Gasteiger partial charge is 0.289 e. The molecule has 0 spiro atoms. The van der Waals surface area contributed by atoms with Crippen molar-refractivity contribution in [3.8, 4) is 0 Å². The summed E-state index contributed by atoms with van der Waals surface area (Å²) in [4.78, 5) is 11.0. The summed E-state index contributed by atoms with van der Waals surface area (Å²) >= 11 is 4.90. The fraction of sp³-hybridized carbons (Fsp3) is 0.222. The highest BCUT2D eigenvalue weighted by atomic mass is 35.5. The molecule has 0 fully saturated rings. The summed E-state index contributed by atoms with van der Waals surface area (Å²) in [6, 6.07) is 3.88. The van der Waals surface area contributed by atoms with Crippen LogP contribution in [0.3, 0.4) is 0 Å². The molecule has 0 saturated heterocycles. The van der Waals surface area contributed by atoms with Gasteiger partial charge in [0.25, 0.3) is 0 Å². The van der Waals surface area contributed by atoms with E-state index in [1.54, 1.807) is 6.92 Å². The van der Waals surface area contributed by atoms with Gasteiger partial charge in [0.1, 0.15) is 5.82 Å². The minimum Gasteiger partial charge on any atom is -0.289 e. The van der Waals surface area contributed by atoms with Crippen LogP contribution in [0.4, 0.5) is 8.78 Å². The molecule has 1 atom stereocenters. The lowest BCUT2D eigenvalue weighted by Crippen LogP contribution is -2.11. The zero-order valence-corrected chi connectivity index (χ0v) is 7.61. The Balaban J connectivity index is 3.13. The third-order valence-corrected chi connectivity index (χ3v) is 1.78. The molecule has 13 heavy (non-hydrogen) atoms. The van der Waals surface area contributed by atoms with Crippen molar-refractivity contribution in [1.29, 1.82) is 0 Å². The van der Waals surface area contributed by atoms with Crippen LogP contribution in [-0.2, 0) is 0 Å². The van der Waals surface area contributed by atoms with Crippen LogP contribution in [0.1, 0.15) is 15.9 Å². The first-order chi connectivity index (χ1) is 6.02. The van der Waals surface area contributed by atoms with Crippen molar-refractivity contribution in [2.75, 3.05) is 0 Å². The van der Waals surface area contributed by atoms with E-state index < -0.39 is 17.2 Å². The number of benzene rings is 1. The van der Waals surface area contributed by atoms with Crippen molar-refractivity contribution in [3.63, 3.8) is 0 Å². The fourth-order valence-electron chi connectivity index (χ4n) is 0.945. The molecular formula is C9H7ClF2O. The van der Waals surface area contributed by atoms with Gasteiger partial charge in [0.05, 0.1) is 5.56 Å². The molecule has 1 nitrogen and oxygen atoms in total. The summed E-state index contributed by atoms with van der Waals surface area (Å²) in [5.74, 6) is -1.79. The summed E-state index contributed by atoms with van der Waals surface area (Å²) in [7, 11) is 0. The fourth-order valence-corrected chi connectivity index (χ4v) is 1.06. The molecule has 0 saturated carbocycles. The lowest BCUT2D eigenvalue weighted by Gasteiger charge is -2.02. The average molecular weight is 205 g/mol. The third-order valence-electron chi connectivity index (χ3n) is 1.59. The number of aryl methyl sites for hydroxylation is 1. The van der Waals surface area contributed by atoms with Crippen LogP contribution in [0.5, 0.6) is 0 Å². The molecule has 0 radical (unpaired) electrons. The Hall–Kier alpha value is -0.960. The maximum absolute atomic E-state index is 12.9. The molecule has 70 valence electrons. The first-order valence-corrected chi connectivity index (χ1v) is 4.04. The number of alkyl halides is 2. The van der Waals surface area contributed by atoms with E-state index in [1.165, 1.54) is 12.1 Å². The van der Waals surface area contributed by atoms with E-state index in [0.717, 1.165) is 6.07 Å². The number of ketones is 1. The number of hydrogen-bond donors (Lipinski definition) is 0. The second-order valence-corrected chi connectivity index (χ2v) is 3.03. The molecule has 1 aromatic rings. The molecule has 0 aromatic heterocycles. The van der Waals surface area contributed by atoms with Gasteiger partial charge < -0.3 is 0 Å². The molecule has 4 heteroatoms. The molecule has 0 heterocycles. The summed E-state index contributed by atoms with van der Waals surface area (Å²) in [6.45, 7) is 1.68. The number of rotatable bonds is 2. The van der Waals surface area contributed by atoms with Crippen LogP contribution in [0.2, 0.25) is 0 Å². The van der Waals surface area contributed by atoms with Gasteiger partial charge in [0.15, 0.2) is 0 Å². The zero-order valence-electron chi connectivity index (χ0n) is 6.85. The summed E-state index contributed by atoms with van der Waals surface area (Å²) in [6.07, 6.45) is 0. The summed E-state index contributed by atoms with van der Waals surface area (Å²) < 4.78 is 25.3. The first kappa shape index (κ1) is 10.1. The van der Waals surface area contributed by atoms with Gasteiger partial charge in [-0.2, -0.15) is 0 Å². The minimum absolute atomic E-state index is 0.303. The molecule has 0 aliphatic heterocycles. The number of halogens is 3. The van der Waals surface area contributed by atoms with E-state index in [1.807, 2.05) is 0 Å². The predicted molar refractivity (Wildman–Crippen MR) is 46.2 cm³/mol. The number of carbonyl (C=O) groups excluding carboxylic acids is 1. The lowest BCUT2D eigenvalue weighted by molar-refractivity contribution is 0.0930. The smallest absolute Gasteiger partial charge is 0.235 e. The zero-order chi connectivity index (χ0) is 10.0. The van der Waals surface area contributed by atoms with Gasteiger partial charge in [-0.05, 0) is 19.1 Å². The maximum atomic E-state index is 12.9. The Morgan fingerprint density at radius 1 is 1.54 bits per heavy atom. The molecule has 0 aliphatic carbocycles. The Bertz CT molecular complexity index is 336. The van der Waals surface area contributed by atoms with Gasteiger partial charge in [0, 0.05) is 0 Å².